The van der Waals surface area contributed by atoms with Gasteiger partial charge in [0.25, 0.3) is 0 Å². The van der Waals surface area contributed by atoms with E-state index in [1.165, 1.54) is 0 Å². The highest BCUT2D eigenvalue weighted by Crippen LogP contribution is 2.21. The van der Waals surface area contributed by atoms with E-state index in [1.807, 2.05) is 13.8 Å². The molecule has 0 bridgehead atoms. The van der Waals surface area contributed by atoms with Gasteiger partial charge in [0.2, 0.25) is 0 Å². The maximum atomic E-state index is 11.1. The topological polar surface area (TPSA) is 52.6 Å². The second kappa shape index (κ2) is 16.9. The summed E-state index contributed by atoms with van der Waals surface area (Å²) in [6.45, 7) is 11.7. The Morgan fingerprint density at radius 2 is 1.52 bits per heavy atom. The smallest absolute Gasteiger partial charge is 0.312 e. The molecule has 0 aliphatic carbocycles. The van der Waals surface area contributed by atoms with E-state index in [-0.39, 0.29) is 17.9 Å². The molecular weight excluding hydrogens is 360 g/mol. The maximum absolute atomic E-state index is 11.1. The Labute approximate surface area is 149 Å². The lowest BCUT2D eigenvalue weighted by Crippen LogP contribution is -2.26. The van der Waals surface area contributed by atoms with Crippen molar-refractivity contribution in [3.05, 3.63) is 0 Å². The number of alkyl halides is 1. The van der Waals surface area contributed by atoms with Crippen molar-refractivity contribution in [3.8, 4) is 24.7 Å². The van der Waals surface area contributed by atoms with Gasteiger partial charge in [-0.05, 0) is 27.7 Å². The van der Waals surface area contributed by atoms with Crippen LogP contribution in [-0.4, -0.2) is 30.5 Å². The van der Waals surface area contributed by atoms with Crippen LogP contribution in [-0.2, 0) is 19.1 Å². The summed E-state index contributed by atoms with van der Waals surface area (Å²) in [6.07, 6.45) is 10.2. The lowest BCUT2D eigenvalue weighted by molar-refractivity contribution is -0.153. The fraction of sp³-hybridized carbons (Fsp3) is 0.667. The Morgan fingerprint density at radius 1 is 1.09 bits per heavy atom. The van der Waals surface area contributed by atoms with E-state index < -0.39 is 5.41 Å². The van der Waals surface area contributed by atoms with Crippen LogP contribution in [0.25, 0.3) is 0 Å². The number of carbonyl (C=O) groups is 2. The van der Waals surface area contributed by atoms with Crippen molar-refractivity contribution in [2.45, 2.75) is 48.0 Å². The Bertz CT molecular complexity index is 400. The van der Waals surface area contributed by atoms with Crippen LogP contribution in [0.2, 0.25) is 0 Å². The van der Waals surface area contributed by atoms with Gasteiger partial charge in [0.05, 0.1) is 29.9 Å². The van der Waals surface area contributed by atoms with Crippen LogP contribution in [0.15, 0.2) is 0 Å². The van der Waals surface area contributed by atoms with E-state index in [2.05, 4.69) is 32.5 Å². The molecule has 0 rings (SSSR count). The first kappa shape index (κ1) is 26.4. The van der Waals surface area contributed by atoms with Crippen molar-refractivity contribution >= 4 is 27.9 Å². The number of carbonyl (C=O) groups excluding carboxylic acids is 2. The minimum Gasteiger partial charge on any atom is -0.466 e. The largest absolute Gasteiger partial charge is 0.466 e. The molecule has 0 aromatic heterocycles. The summed E-state index contributed by atoms with van der Waals surface area (Å²) in [5, 5.41) is 0.660. The second-order valence-electron chi connectivity index (χ2n) is 5.23. The molecule has 0 saturated heterocycles. The molecule has 0 heterocycles. The first-order chi connectivity index (χ1) is 10.6. The third kappa shape index (κ3) is 18.5. The Balaban J connectivity index is -0.000000292. The summed E-state index contributed by atoms with van der Waals surface area (Å²) in [5.41, 5.74) is -0.537. The molecule has 0 unspecified atom stereocenters. The molecule has 0 fully saturated rings. The van der Waals surface area contributed by atoms with Crippen molar-refractivity contribution < 1.29 is 19.1 Å². The zero-order valence-corrected chi connectivity index (χ0v) is 16.7. The van der Waals surface area contributed by atoms with Crippen LogP contribution in [0.3, 0.4) is 0 Å². The fourth-order valence-corrected chi connectivity index (χ4v) is 0.963. The molecular formula is C18H29BrO4. The minimum atomic E-state index is -0.537. The van der Waals surface area contributed by atoms with Gasteiger partial charge >= 0.3 is 11.9 Å². The average molecular weight is 389 g/mol. The van der Waals surface area contributed by atoms with Gasteiger partial charge < -0.3 is 9.47 Å². The predicted molar refractivity (Wildman–Crippen MR) is 98.0 cm³/mol. The molecule has 0 aromatic rings. The molecule has 132 valence electrons. The highest BCUT2D eigenvalue weighted by molar-refractivity contribution is 9.09. The molecule has 0 atom stereocenters. The van der Waals surface area contributed by atoms with Crippen molar-refractivity contribution in [3.63, 3.8) is 0 Å². The number of hydrogen-bond acceptors (Lipinski definition) is 4. The van der Waals surface area contributed by atoms with Crippen molar-refractivity contribution in [1.82, 2.24) is 0 Å². The zero-order valence-electron chi connectivity index (χ0n) is 15.1. The monoisotopic (exact) mass is 388 g/mol. The van der Waals surface area contributed by atoms with Gasteiger partial charge in [-0.3, -0.25) is 9.59 Å². The molecule has 0 radical (unpaired) electrons. The van der Waals surface area contributed by atoms with Crippen LogP contribution in [0.1, 0.15) is 48.0 Å². The summed E-state index contributed by atoms with van der Waals surface area (Å²) in [4.78, 5) is 21.7. The highest BCUT2D eigenvalue weighted by Gasteiger charge is 2.27. The molecule has 5 heteroatoms. The molecule has 0 aromatic carbocycles. The van der Waals surface area contributed by atoms with Crippen LogP contribution >= 0.6 is 15.9 Å². The normalized spacial score (nSPS) is 9.13. The first-order valence-corrected chi connectivity index (χ1v) is 8.53. The van der Waals surface area contributed by atoms with Gasteiger partial charge in [0, 0.05) is 6.42 Å². The van der Waals surface area contributed by atoms with Crippen LogP contribution in [0, 0.1) is 36.0 Å². The molecule has 0 aliphatic heterocycles. The van der Waals surface area contributed by atoms with Gasteiger partial charge in [-0.1, -0.05) is 35.7 Å². The summed E-state index contributed by atoms with van der Waals surface area (Å²) in [6, 6.07) is 0. The van der Waals surface area contributed by atoms with Crippen molar-refractivity contribution in [2.24, 2.45) is 11.3 Å². The quantitative estimate of drug-likeness (QED) is 0.408. The SMILES string of the molecule is C#CCBr.C#CCC(C)(C)C(=O)OCC.CCOC(=O)C(C)C. The molecule has 0 saturated carbocycles. The summed E-state index contributed by atoms with van der Waals surface area (Å²) >= 11 is 3.01. The minimum absolute atomic E-state index is 0.00921. The third-order valence-corrected chi connectivity index (χ3v) is 2.53. The van der Waals surface area contributed by atoms with Gasteiger partial charge in [-0.25, -0.2) is 0 Å². The molecule has 0 spiro atoms. The zero-order chi connectivity index (χ0) is 18.9. The van der Waals surface area contributed by atoms with Gasteiger partial charge in [0.15, 0.2) is 0 Å². The van der Waals surface area contributed by atoms with Gasteiger partial charge in [-0.2, -0.15) is 0 Å². The summed E-state index contributed by atoms with van der Waals surface area (Å²) < 4.78 is 9.49. The molecule has 0 amide bonds. The number of halogens is 1. The number of rotatable bonds is 5. The van der Waals surface area contributed by atoms with Crippen LogP contribution < -0.4 is 0 Å². The second-order valence-corrected chi connectivity index (χ2v) is 5.79. The number of terminal acetylenes is 2. The molecule has 4 nitrogen and oxygen atoms in total. The van der Waals surface area contributed by atoms with Gasteiger partial charge in [0.1, 0.15) is 0 Å². The Morgan fingerprint density at radius 3 is 1.74 bits per heavy atom. The van der Waals surface area contributed by atoms with E-state index in [0.29, 0.717) is 25.0 Å². The summed E-state index contributed by atoms with van der Waals surface area (Å²) in [7, 11) is 0. The Hall–Kier alpha value is -1.46. The lowest BCUT2D eigenvalue weighted by atomic mass is 9.90. The van der Waals surface area contributed by atoms with E-state index in [4.69, 9.17) is 17.6 Å². The molecule has 23 heavy (non-hydrogen) atoms. The average Bonchev–Trinajstić information content (AvgIpc) is 2.48. The highest BCUT2D eigenvalue weighted by atomic mass is 79.9. The summed E-state index contributed by atoms with van der Waals surface area (Å²) in [5.74, 6) is 4.46. The number of ether oxygens (including phenoxy) is 2. The maximum Gasteiger partial charge on any atom is 0.312 e. The van der Waals surface area contributed by atoms with Crippen LogP contribution in [0.4, 0.5) is 0 Å². The van der Waals surface area contributed by atoms with Crippen molar-refractivity contribution in [1.29, 1.82) is 0 Å². The third-order valence-electron chi connectivity index (χ3n) is 2.21. The first-order valence-electron chi connectivity index (χ1n) is 7.41. The Kier molecular flexibility index (Phi) is 19.4. The van der Waals surface area contributed by atoms with E-state index in [9.17, 15) is 9.59 Å². The molecule has 0 N–H and O–H groups in total. The van der Waals surface area contributed by atoms with Crippen LogP contribution in [0.5, 0.6) is 0 Å². The van der Waals surface area contributed by atoms with E-state index in [1.54, 1.807) is 27.7 Å². The van der Waals surface area contributed by atoms with E-state index >= 15 is 0 Å². The fourth-order valence-electron chi connectivity index (χ4n) is 0.963. The molecule has 0 aliphatic rings. The van der Waals surface area contributed by atoms with Crippen molar-refractivity contribution in [2.75, 3.05) is 18.5 Å². The predicted octanol–water partition coefficient (Wildman–Crippen LogP) is 3.82. The standard InChI is InChI=1S/C9H14O2.C6H12O2.C3H3Br/c1-5-7-9(3,4)8(10)11-6-2;1-4-8-6(7)5(2)3;1-2-3-4/h1H,6-7H2,2-4H3;5H,4H2,1-3H3;1H,3H2. The lowest BCUT2D eigenvalue weighted by Gasteiger charge is -2.18. The van der Waals surface area contributed by atoms with Gasteiger partial charge in [-0.15, -0.1) is 18.8 Å². The number of hydrogen-bond donors (Lipinski definition) is 0. The number of esters is 2. The van der Waals surface area contributed by atoms with E-state index in [0.717, 1.165) is 0 Å².